The van der Waals surface area contributed by atoms with Gasteiger partial charge in [0.2, 0.25) is 0 Å². The van der Waals surface area contributed by atoms with Crippen LogP contribution in [0.25, 0.3) is 11.0 Å². The SMILES string of the molecule is COc1ccc2nc(C(N)Cc3ccc(O)cc3)[nH]c2c1. The minimum absolute atomic E-state index is 0.229. The number of fused-ring (bicyclic) bond motifs is 1. The van der Waals surface area contributed by atoms with Gasteiger partial charge in [0, 0.05) is 6.07 Å². The highest BCUT2D eigenvalue weighted by Crippen LogP contribution is 2.22. The largest absolute Gasteiger partial charge is 0.508 e. The number of rotatable bonds is 4. The summed E-state index contributed by atoms with van der Waals surface area (Å²) >= 11 is 0. The van der Waals surface area contributed by atoms with Gasteiger partial charge in [-0.05, 0) is 36.2 Å². The highest BCUT2D eigenvalue weighted by Gasteiger charge is 2.12. The lowest BCUT2D eigenvalue weighted by atomic mass is 10.1. The molecular formula is C16H17N3O2. The molecule has 0 saturated heterocycles. The third kappa shape index (κ3) is 2.83. The molecule has 0 saturated carbocycles. The summed E-state index contributed by atoms with van der Waals surface area (Å²) in [4.78, 5) is 7.75. The number of methoxy groups -OCH3 is 1. The molecule has 2 aromatic carbocycles. The van der Waals surface area contributed by atoms with Gasteiger partial charge in [-0.2, -0.15) is 0 Å². The van der Waals surface area contributed by atoms with Gasteiger partial charge < -0.3 is 20.6 Å². The van der Waals surface area contributed by atoms with E-state index in [4.69, 9.17) is 10.5 Å². The molecule has 5 nitrogen and oxygen atoms in total. The van der Waals surface area contributed by atoms with Gasteiger partial charge in [-0.1, -0.05) is 12.1 Å². The van der Waals surface area contributed by atoms with Crippen LogP contribution in [-0.4, -0.2) is 22.2 Å². The maximum Gasteiger partial charge on any atom is 0.124 e. The Morgan fingerprint density at radius 3 is 2.71 bits per heavy atom. The summed E-state index contributed by atoms with van der Waals surface area (Å²) in [5, 5.41) is 9.29. The number of hydrogen-bond donors (Lipinski definition) is 3. The molecule has 1 aromatic heterocycles. The molecule has 3 aromatic rings. The van der Waals surface area contributed by atoms with E-state index < -0.39 is 0 Å². The molecule has 0 aliphatic rings. The number of aromatic amines is 1. The van der Waals surface area contributed by atoms with Gasteiger partial charge in [0.05, 0.1) is 24.2 Å². The third-order valence-electron chi connectivity index (χ3n) is 3.45. The lowest BCUT2D eigenvalue weighted by Gasteiger charge is -2.08. The second-order valence-electron chi connectivity index (χ2n) is 4.98. The maximum atomic E-state index is 9.29. The first-order valence-corrected chi connectivity index (χ1v) is 6.73. The molecule has 1 unspecified atom stereocenters. The van der Waals surface area contributed by atoms with Crippen molar-refractivity contribution in [3.63, 3.8) is 0 Å². The topological polar surface area (TPSA) is 84.2 Å². The molecule has 108 valence electrons. The number of imidazole rings is 1. The van der Waals surface area contributed by atoms with Crippen LogP contribution in [0, 0.1) is 0 Å². The zero-order valence-corrected chi connectivity index (χ0v) is 11.7. The van der Waals surface area contributed by atoms with Gasteiger partial charge in [0.25, 0.3) is 0 Å². The highest BCUT2D eigenvalue weighted by atomic mass is 16.5. The van der Waals surface area contributed by atoms with Gasteiger partial charge in [0.15, 0.2) is 0 Å². The van der Waals surface area contributed by atoms with Crippen molar-refractivity contribution in [2.24, 2.45) is 5.73 Å². The smallest absolute Gasteiger partial charge is 0.124 e. The molecule has 4 N–H and O–H groups in total. The van der Waals surface area contributed by atoms with Gasteiger partial charge in [-0.15, -0.1) is 0 Å². The van der Waals surface area contributed by atoms with Crippen LogP contribution in [0.4, 0.5) is 0 Å². The third-order valence-corrected chi connectivity index (χ3v) is 3.45. The van der Waals surface area contributed by atoms with Crippen molar-refractivity contribution in [1.29, 1.82) is 0 Å². The predicted molar refractivity (Wildman–Crippen MR) is 81.4 cm³/mol. The Kier molecular flexibility index (Phi) is 3.50. The Labute approximate surface area is 122 Å². The molecule has 0 fully saturated rings. The lowest BCUT2D eigenvalue weighted by Crippen LogP contribution is -2.14. The lowest BCUT2D eigenvalue weighted by molar-refractivity contribution is 0.415. The molecule has 3 rings (SSSR count). The Morgan fingerprint density at radius 2 is 2.00 bits per heavy atom. The molecule has 0 radical (unpaired) electrons. The number of ether oxygens (including phenoxy) is 1. The van der Waals surface area contributed by atoms with E-state index in [0.29, 0.717) is 6.42 Å². The number of benzene rings is 2. The normalized spacial score (nSPS) is 12.5. The number of phenols is 1. The van der Waals surface area contributed by atoms with Crippen LogP contribution in [0.3, 0.4) is 0 Å². The summed E-state index contributed by atoms with van der Waals surface area (Å²) in [5.74, 6) is 1.78. The van der Waals surface area contributed by atoms with Crippen LogP contribution >= 0.6 is 0 Å². The first-order chi connectivity index (χ1) is 10.2. The van der Waals surface area contributed by atoms with Crippen molar-refractivity contribution >= 4 is 11.0 Å². The number of H-pyrrole nitrogens is 1. The van der Waals surface area contributed by atoms with E-state index in [1.165, 1.54) is 0 Å². The first-order valence-electron chi connectivity index (χ1n) is 6.73. The monoisotopic (exact) mass is 283 g/mol. The molecule has 1 heterocycles. The van der Waals surface area contributed by atoms with E-state index in [1.807, 2.05) is 30.3 Å². The first kappa shape index (κ1) is 13.5. The molecule has 21 heavy (non-hydrogen) atoms. The van der Waals surface area contributed by atoms with E-state index >= 15 is 0 Å². The van der Waals surface area contributed by atoms with E-state index in [1.54, 1.807) is 19.2 Å². The summed E-state index contributed by atoms with van der Waals surface area (Å²) in [6.45, 7) is 0. The molecular weight excluding hydrogens is 266 g/mol. The molecule has 1 atom stereocenters. The van der Waals surface area contributed by atoms with Crippen LogP contribution in [0.1, 0.15) is 17.4 Å². The summed E-state index contributed by atoms with van der Waals surface area (Å²) in [7, 11) is 1.63. The second kappa shape index (κ2) is 5.46. The average Bonchev–Trinajstić information content (AvgIpc) is 2.92. The Balaban J connectivity index is 1.83. The fourth-order valence-electron chi connectivity index (χ4n) is 2.29. The van der Waals surface area contributed by atoms with Crippen molar-refractivity contribution < 1.29 is 9.84 Å². The molecule has 0 aliphatic carbocycles. The van der Waals surface area contributed by atoms with Crippen molar-refractivity contribution in [3.05, 3.63) is 53.9 Å². The van der Waals surface area contributed by atoms with Crippen LogP contribution in [-0.2, 0) is 6.42 Å². The predicted octanol–water partition coefficient (Wildman–Crippen LogP) is 2.52. The van der Waals surface area contributed by atoms with Crippen molar-refractivity contribution in [3.8, 4) is 11.5 Å². The zero-order valence-electron chi connectivity index (χ0n) is 11.7. The minimum Gasteiger partial charge on any atom is -0.508 e. The van der Waals surface area contributed by atoms with E-state index in [-0.39, 0.29) is 11.8 Å². The Morgan fingerprint density at radius 1 is 1.24 bits per heavy atom. The van der Waals surface area contributed by atoms with Gasteiger partial charge in [-0.3, -0.25) is 0 Å². The molecule has 0 bridgehead atoms. The molecule has 5 heteroatoms. The molecule has 0 spiro atoms. The summed E-state index contributed by atoms with van der Waals surface area (Å²) < 4.78 is 5.20. The van der Waals surface area contributed by atoms with Crippen LogP contribution in [0.2, 0.25) is 0 Å². The number of aromatic nitrogens is 2. The summed E-state index contributed by atoms with van der Waals surface area (Å²) in [5.41, 5.74) is 9.04. The standard InChI is InChI=1S/C16H17N3O2/c1-21-12-6-7-14-15(9-12)19-16(18-14)13(17)8-10-2-4-11(20)5-3-10/h2-7,9,13,20H,8,17H2,1H3,(H,18,19). The zero-order chi connectivity index (χ0) is 14.8. The summed E-state index contributed by atoms with van der Waals surface area (Å²) in [6, 6.07) is 12.5. The second-order valence-corrected chi connectivity index (χ2v) is 4.98. The number of hydrogen-bond acceptors (Lipinski definition) is 4. The van der Waals surface area contributed by atoms with E-state index in [9.17, 15) is 5.11 Å². The quantitative estimate of drug-likeness (QED) is 0.687. The van der Waals surface area contributed by atoms with E-state index in [2.05, 4.69) is 9.97 Å². The minimum atomic E-state index is -0.229. The van der Waals surface area contributed by atoms with Crippen LogP contribution in [0.15, 0.2) is 42.5 Å². The summed E-state index contributed by atoms with van der Waals surface area (Å²) in [6.07, 6.45) is 0.650. The molecule has 0 aliphatic heterocycles. The van der Waals surface area contributed by atoms with Crippen molar-refractivity contribution in [2.45, 2.75) is 12.5 Å². The Bertz CT molecular complexity index is 750. The maximum absolute atomic E-state index is 9.29. The number of nitrogens with one attached hydrogen (secondary N) is 1. The Hall–Kier alpha value is -2.53. The fourth-order valence-corrected chi connectivity index (χ4v) is 2.29. The van der Waals surface area contributed by atoms with Crippen molar-refractivity contribution in [1.82, 2.24) is 9.97 Å². The van der Waals surface area contributed by atoms with Crippen molar-refractivity contribution in [2.75, 3.05) is 7.11 Å². The van der Waals surface area contributed by atoms with E-state index in [0.717, 1.165) is 28.2 Å². The molecule has 0 amide bonds. The van der Waals surface area contributed by atoms with Crippen LogP contribution in [0.5, 0.6) is 11.5 Å². The van der Waals surface area contributed by atoms with Gasteiger partial charge in [-0.25, -0.2) is 4.98 Å². The van der Waals surface area contributed by atoms with Crippen LogP contribution < -0.4 is 10.5 Å². The highest BCUT2D eigenvalue weighted by molar-refractivity contribution is 5.76. The number of aromatic hydroxyl groups is 1. The number of nitrogens with zero attached hydrogens (tertiary/aromatic N) is 1. The fraction of sp³-hybridized carbons (Fsp3) is 0.188. The number of nitrogens with two attached hydrogens (primary N) is 1. The van der Waals surface area contributed by atoms with Gasteiger partial charge >= 0.3 is 0 Å². The number of phenolic OH excluding ortho intramolecular Hbond substituents is 1. The van der Waals surface area contributed by atoms with Gasteiger partial charge in [0.1, 0.15) is 17.3 Å². The average molecular weight is 283 g/mol.